The molecule has 0 radical (unpaired) electrons. The number of carbonyl (C=O) groups is 1. The van der Waals surface area contributed by atoms with Crippen LogP contribution in [0.15, 0.2) is 53.4 Å². The van der Waals surface area contributed by atoms with E-state index in [9.17, 15) is 17.6 Å². The van der Waals surface area contributed by atoms with Crippen molar-refractivity contribution in [3.8, 4) is 5.75 Å². The Morgan fingerprint density at radius 3 is 2.50 bits per heavy atom. The van der Waals surface area contributed by atoms with E-state index in [1.165, 1.54) is 30.3 Å². The number of hydrogen-bond donors (Lipinski definition) is 0. The third-order valence-corrected chi connectivity index (χ3v) is 5.29. The molecule has 2 aromatic rings. The van der Waals surface area contributed by atoms with Gasteiger partial charge in [-0.2, -0.15) is 8.42 Å². The first-order chi connectivity index (χ1) is 12.4. The average molecular weight is 378 g/mol. The monoisotopic (exact) mass is 378 g/mol. The predicted octanol–water partition coefficient (Wildman–Crippen LogP) is 3.25. The summed E-state index contributed by atoms with van der Waals surface area (Å²) in [6.45, 7) is 3.91. The van der Waals surface area contributed by atoms with Crippen molar-refractivity contribution in [1.82, 2.24) is 4.90 Å². The quantitative estimate of drug-likeness (QED) is 0.724. The fourth-order valence-corrected chi connectivity index (χ4v) is 3.71. The normalized spacial score (nSPS) is 14.8. The van der Waals surface area contributed by atoms with Crippen molar-refractivity contribution < 1.29 is 21.8 Å². The predicted molar refractivity (Wildman–Crippen MR) is 95.3 cm³/mol. The highest BCUT2D eigenvalue weighted by atomic mass is 32.2. The van der Waals surface area contributed by atoms with Crippen LogP contribution in [0, 0.1) is 5.82 Å². The number of rotatable bonds is 6. The molecule has 3 rings (SSSR count). The highest BCUT2D eigenvalue weighted by Gasteiger charge is 2.29. The topological polar surface area (TPSA) is 66.9 Å². The Hall–Kier alpha value is -2.61. The van der Waals surface area contributed by atoms with Crippen molar-refractivity contribution >= 4 is 21.8 Å². The molecule has 0 saturated carbocycles. The Bertz CT molecular complexity index is 900. The van der Waals surface area contributed by atoms with Gasteiger partial charge in [-0.15, -0.1) is 0 Å². The summed E-state index contributed by atoms with van der Waals surface area (Å²) in [7, 11) is -4.08. The highest BCUT2D eigenvalue weighted by molar-refractivity contribution is 7.87. The van der Waals surface area contributed by atoms with Crippen LogP contribution in [-0.2, 0) is 10.1 Å². The molecular weight excluding hydrogens is 359 g/mol. The van der Waals surface area contributed by atoms with Crippen molar-refractivity contribution in [3.63, 3.8) is 0 Å². The molecule has 0 aliphatic carbocycles. The minimum atomic E-state index is -4.08. The maximum absolute atomic E-state index is 13.2. The molecule has 0 atom stereocenters. The van der Waals surface area contributed by atoms with E-state index >= 15 is 0 Å². The van der Waals surface area contributed by atoms with E-state index in [2.05, 4.69) is 0 Å². The number of halogens is 1. The van der Waals surface area contributed by atoms with Gasteiger partial charge in [0.25, 0.3) is 0 Å². The smallest absolute Gasteiger partial charge is 0.339 e. The van der Waals surface area contributed by atoms with Crippen LogP contribution in [-0.4, -0.2) is 39.0 Å². The molecule has 0 unspecified atom stereocenters. The van der Waals surface area contributed by atoms with Crippen molar-refractivity contribution in [1.29, 1.82) is 0 Å². The molecule has 0 spiro atoms. The molecule has 1 saturated heterocycles. The highest BCUT2D eigenvalue weighted by Crippen LogP contribution is 2.24. The molecule has 1 heterocycles. The van der Waals surface area contributed by atoms with Crippen LogP contribution >= 0.6 is 0 Å². The molecule has 2 aromatic carbocycles. The standard InChI is InChI=1S/C18H19FN2O4S/c1-2-10-20-11-12-21(18(20)22)15-6-8-17(9-7-15)26(23,24)25-16-5-3-4-14(19)13-16/h3-9,13H,2,10-12H2,1H3. The van der Waals surface area contributed by atoms with Gasteiger partial charge in [0.15, 0.2) is 0 Å². The number of nitrogens with zero attached hydrogens (tertiary/aromatic N) is 2. The molecule has 1 aliphatic heterocycles. The Kier molecular flexibility index (Phi) is 5.13. The summed E-state index contributed by atoms with van der Waals surface area (Å²) in [5.74, 6) is -0.684. The molecule has 1 aliphatic rings. The lowest BCUT2D eigenvalue weighted by atomic mass is 10.3. The van der Waals surface area contributed by atoms with Gasteiger partial charge >= 0.3 is 16.1 Å². The lowest BCUT2D eigenvalue weighted by Gasteiger charge is -2.18. The van der Waals surface area contributed by atoms with Gasteiger partial charge in [-0.3, -0.25) is 4.90 Å². The molecule has 0 bridgehead atoms. The number of benzene rings is 2. The van der Waals surface area contributed by atoms with E-state index in [1.54, 1.807) is 21.9 Å². The van der Waals surface area contributed by atoms with Gasteiger partial charge in [0.05, 0.1) is 0 Å². The largest absolute Gasteiger partial charge is 0.379 e. The fraction of sp³-hybridized carbons (Fsp3) is 0.278. The Morgan fingerprint density at radius 1 is 1.12 bits per heavy atom. The Balaban J connectivity index is 1.76. The van der Waals surface area contributed by atoms with Crippen molar-refractivity contribution in [3.05, 3.63) is 54.3 Å². The molecule has 2 amide bonds. The maximum Gasteiger partial charge on any atom is 0.339 e. The van der Waals surface area contributed by atoms with Crippen LogP contribution in [0.2, 0.25) is 0 Å². The molecule has 8 heteroatoms. The second kappa shape index (κ2) is 7.33. The second-order valence-electron chi connectivity index (χ2n) is 5.91. The summed E-state index contributed by atoms with van der Waals surface area (Å²) >= 11 is 0. The zero-order valence-corrected chi connectivity index (χ0v) is 15.1. The number of carbonyl (C=O) groups excluding carboxylic acids is 1. The third kappa shape index (κ3) is 3.80. The summed E-state index contributed by atoms with van der Waals surface area (Å²) in [5.41, 5.74) is 0.623. The van der Waals surface area contributed by atoms with E-state index in [0.717, 1.165) is 12.5 Å². The van der Waals surface area contributed by atoms with E-state index in [1.807, 2.05) is 6.92 Å². The number of amides is 2. The van der Waals surface area contributed by atoms with Gasteiger partial charge in [0.1, 0.15) is 16.5 Å². The third-order valence-electron chi connectivity index (χ3n) is 4.03. The van der Waals surface area contributed by atoms with Gasteiger partial charge in [-0.25, -0.2) is 9.18 Å². The molecule has 6 nitrogen and oxygen atoms in total. The molecule has 0 N–H and O–H groups in total. The van der Waals surface area contributed by atoms with Gasteiger partial charge in [-0.05, 0) is 42.8 Å². The first-order valence-electron chi connectivity index (χ1n) is 8.27. The number of hydrogen-bond acceptors (Lipinski definition) is 4. The first-order valence-corrected chi connectivity index (χ1v) is 9.68. The summed E-state index contributed by atoms with van der Waals surface area (Å²) in [6.07, 6.45) is 0.883. The molecule has 1 fully saturated rings. The van der Waals surface area contributed by atoms with Gasteiger partial charge in [-0.1, -0.05) is 13.0 Å². The SMILES string of the molecule is CCCN1CCN(c2ccc(S(=O)(=O)Oc3cccc(F)c3)cc2)C1=O. The van der Waals surface area contributed by atoms with Gasteiger partial charge in [0.2, 0.25) is 0 Å². The van der Waals surface area contributed by atoms with Crippen molar-refractivity contribution in [2.24, 2.45) is 0 Å². The zero-order chi connectivity index (χ0) is 18.7. The molecule has 138 valence electrons. The van der Waals surface area contributed by atoms with Crippen LogP contribution in [0.4, 0.5) is 14.9 Å². The van der Waals surface area contributed by atoms with E-state index < -0.39 is 15.9 Å². The van der Waals surface area contributed by atoms with Crippen LogP contribution in [0.1, 0.15) is 13.3 Å². The Morgan fingerprint density at radius 2 is 1.85 bits per heavy atom. The summed E-state index contributed by atoms with van der Waals surface area (Å²) in [5, 5.41) is 0. The second-order valence-corrected chi connectivity index (χ2v) is 7.46. The van der Waals surface area contributed by atoms with E-state index in [0.29, 0.717) is 25.3 Å². The summed E-state index contributed by atoms with van der Waals surface area (Å²) in [4.78, 5) is 15.6. The fourth-order valence-electron chi connectivity index (χ4n) is 2.79. The summed E-state index contributed by atoms with van der Waals surface area (Å²) in [6, 6.07) is 10.7. The minimum absolute atomic E-state index is 0.0671. The van der Waals surface area contributed by atoms with E-state index in [-0.39, 0.29) is 16.7 Å². The van der Waals surface area contributed by atoms with E-state index in [4.69, 9.17) is 4.18 Å². The molecular formula is C18H19FN2O4S. The number of anilines is 1. The average Bonchev–Trinajstić information content (AvgIpc) is 2.96. The number of urea groups is 1. The molecule has 0 aromatic heterocycles. The van der Waals surface area contributed by atoms with Gasteiger partial charge in [0, 0.05) is 31.4 Å². The van der Waals surface area contributed by atoms with Gasteiger partial charge < -0.3 is 9.08 Å². The lowest BCUT2D eigenvalue weighted by Crippen LogP contribution is -2.32. The van der Waals surface area contributed by atoms with Crippen LogP contribution in [0.5, 0.6) is 5.75 Å². The lowest BCUT2D eigenvalue weighted by molar-refractivity contribution is 0.220. The van der Waals surface area contributed by atoms with Crippen molar-refractivity contribution in [2.75, 3.05) is 24.5 Å². The van der Waals surface area contributed by atoms with Crippen LogP contribution < -0.4 is 9.08 Å². The summed E-state index contributed by atoms with van der Waals surface area (Å²) < 4.78 is 42.8. The zero-order valence-electron chi connectivity index (χ0n) is 14.3. The van der Waals surface area contributed by atoms with Crippen LogP contribution in [0.3, 0.4) is 0 Å². The van der Waals surface area contributed by atoms with Crippen molar-refractivity contribution in [2.45, 2.75) is 18.2 Å². The Labute approximate surface area is 151 Å². The molecule has 26 heavy (non-hydrogen) atoms. The van der Waals surface area contributed by atoms with Crippen LogP contribution in [0.25, 0.3) is 0 Å². The minimum Gasteiger partial charge on any atom is -0.379 e. The first kappa shape index (κ1) is 18.2. The maximum atomic E-state index is 13.2.